The van der Waals surface area contributed by atoms with Crippen molar-refractivity contribution in [1.29, 1.82) is 0 Å². The van der Waals surface area contributed by atoms with Crippen molar-refractivity contribution in [2.24, 2.45) is 0 Å². The van der Waals surface area contributed by atoms with Crippen LogP contribution in [0.2, 0.25) is 0 Å². The summed E-state index contributed by atoms with van der Waals surface area (Å²) in [6.45, 7) is 2.95. The first-order valence-corrected chi connectivity index (χ1v) is 4.04. The molecule has 0 bridgehead atoms. The molecule has 2 heteroatoms. The van der Waals surface area contributed by atoms with E-state index in [9.17, 15) is 0 Å². The van der Waals surface area contributed by atoms with Crippen LogP contribution in [-0.2, 0) is 11.4 Å². The summed E-state index contributed by atoms with van der Waals surface area (Å²) in [7, 11) is 3.60. The molecule has 12 heavy (non-hydrogen) atoms. The van der Waals surface area contributed by atoms with Crippen molar-refractivity contribution in [2.75, 3.05) is 14.2 Å². The van der Waals surface area contributed by atoms with Gasteiger partial charge in [-0.25, -0.2) is 0 Å². The lowest BCUT2D eigenvalue weighted by atomic mass is 10.1. The molecule has 0 aliphatic carbocycles. The Morgan fingerprint density at radius 1 is 1.33 bits per heavy atom. The first-order valence-electron chi connectivity index (χ1n) is 4.04. The first kappa shape index (κ1) is 9.23. The van der Waals surface area contributed by atoms with E-state index >= 15 is 0 Å². The van der Waals surface area contributed by atoms with Crippen LogP contribution in [0.3, 0.4) is 0 Å². The molecule has 0 aliphatic heterocycles. The molecule has 0 unspecified atom stereocenters. The van der Waals surface area contributed by atoms with Gasteiger partial charge in [-0.1, -0.05) is 24.3 Å². The van der Waals surface area contributed by atoms with Crippen molar-refractivity contribution in [3.8, 4) is 0 Å². The molecule has 0 fully saturated rings. The molecular weight excluding hydrogens is 150 g/mol. The molecule has 66 valence electrons. The van der Waals surface area contributed by atoms with Crippen LogP contribution in [0.1, 0.15) is 11.1 Å². The molecule has 0 saturated carbocycles. The summed E-state index contributed by atoms with van der Waals surface area (Å²) in [6.07, 6.45) is 0. The summed E-state index contributed by atoms with van der Waals surface area (Å²) in [5.41, 5.74) is 2.61. The zero-order chi connectivity index (χ0) is 8.97. The van der Waals surface area contributed by atoms with E-state index in [-0.39, 0.29) is 0 Å². The highest BCUT2D eigenvalue weighted by atomic mass is 16.7. The zero-order valence-electron chi connectivity index (χ0n) is 7.87. The Morgan fingerprint density at radius 2 is 2.00 bits per heavy atom. The Bertz CT molecular complexity index is 247. The van der Waals surface area contributed by atoms with Crippen molar-refractivity contribution in [2.45, 2.75) is 13.5 Å². The fourth-order valence-electron chi connectivity index (χ4n) is 1.09. The van der Waals surface area contributed by atoms with Gasteiger partial charge in [0.25, 0.3) is 0 Å². The largest absolute Gasteiger partial charge is 0.302 e. The van der Waals surface area contributed by atoms with Gasteiger partial charge in [0.15, 0.2) is 0 Å². The van der Waals surface area contributed by atoms with E-state index in [1.165, 1.54) is 11.1 Å². The molecule has 1 aromatic carbocycles. The van der Waals surface area contributed by atoms with Gasteiger partial charge >= 0.3 is 0 Å². The normalized spacial score (nSPS) is 10.7. The average molecular weight is 165 g/mol. The van der Waals surface area contributed by atoms with E-state index in [4.69, 9.17) is 4.84 Å². The Kier molecular flexibility index (Phi) is 3.26. The number of hydrogen-bond donors (Lipinski definition) is 0. The van der Waals surface area contributed by atoms with Crippen molar-refractivity contribution in [3.63, 3.8) is 0 Å². The first-order chi connectivity index (χ1) is 5.74. The second-order valence-corrected chi connectivity index (χ2v) is 2.90. The van der Waals surface area contributed by atoms with Gasteiger partial charge in [-0.05, 0) is 18.1 Å². The van der Waals surface area contributed by atoms with Crippen LogP contribution in [0.5, 0.6) is 0 Å². The quantitative estimate of drug-likeness (QED) is 0.635. The molecule has 0 aliphatic rings. The maximum Gasteiger partial charge on any atom is 0.0575 e. The fraction of sp³-hybridized carbons (Fsp3) is 0.400. The number of aryl methyl sites for hydroxylation is 1. The lowest BCUT2D eigenvalue weighted by Crippen LogP contribution is -2.16. The maximum absolute atomic E-state index is 5.04. The smallest absolute Gasteiger partial charge is 0.0575 e. The van der Waals surface area contributed by atoms with Gasteiger partial charge in [0.05, 0.1) is 7.11 Å². The second kappa shape index (κ2) is 4.24. The van der Waals surface area contributed by atoms with Crippen LogP contribution in [0.15, 0.2) is 24.3 Å². The molecule has 2 nitrogen and oxygen atoms in total. The number of rotatable bonds is 3. The minimum absolute atomic E-state index is 0.836. The van der Waals surface area contributed by atoms with E-state index in [1.54, 1.807) is 7.11 Å². The standard InChI is InChI=1S/C10H15NO/c1-9-6-4-5-7-10(9)8-11(2)12-3/h4-7H,8H2,1-3H3. The monoisotopic (exact) mass is 165 g/mol. The zero-order valence-corrected chi connectivity index (χ0v) is 7.87. The predicted molar refractivity (Wildman–Crippen MR) is 49.7 cm³/mol. The minimum Gasteiger partial charge on any atom is -0.302 e. The molecule has 0 radical (unpaired) electrons. The number of hydroxylamine groups is 2. The van der Waals surface area contributed by atoms with Crippen molar-refractivity contribution in [1.82, 2.24) is 5.06 Å². The lowest BCUT2D eigenvalue weighted by molar-refractivity contribution is -0.116. The molecule has 1 aromatic rings. The van der Waals surface area contributed by atoms with Crippen molar-refractivity contribution >= 4 is 0 Å². The van der Waals surface area contributed by atoms with E-state index in [0.717, 1.165) is 6.54 Å². The van der Waals surface area contributed by atoms with Crippen molar-refractivity contribution in [3.05, 3.63) is 35.4 Å². The van der Waals surface area contributed by atoms with Crippen LogP contribution >= 0.6 is 0 Å². The molecule has 0 atom stereocenters. The highest BCUT2D eigenvalue weighted by molar-refractivity contribution is 5.25. The average Bonchev–Trinajstić information content (AvgIpc) is 2.09. The van der Waals surface area contributed by atoms with Gasteiger partial charge in [-0.3, -0.25) is 0 Å². The van der Waals surface area contributed by atoms with Crippen LogP contribution in [0, 0.1) is 6.92 Å². The third-order valence-electron chi connectivity index (χ3n) is 1.97. The fourth-order valence-corrected chi connectivity index (χ4v) is 1.09. The molecule has 0 N–H and O–H groups in total. The lowest BCUT2D eigenvalue weighted by Gasteiger charge is -2.14. The summed E-state index contributed by atoms with van der Waals surface area (Å²) in [5, 5.41) is 1.81. The summed E-state index contributed by atoms with van der Waals surface area (Å²) < 4.78 is 0. The molecule has 0 saturated heterocycles. The number of benzene rings is 1. The minimum atomic E-state index is 0.836. The maximum atomic E-state index is 5.04. The van der Waals surface area contributed by atoms with E-state index < -0.39 is 0 Å². The van der Waals surface area contributed by atoms with Gasteiger partial charge in [0.1, 0.15) is 0 Å². The summed E-state index contributed by atoms with van der Waals surface area (Å²) in [6, 6.07) is 8.32. The van der Waals surface area contributed by atoms with Crippen molar-refractivity contribution < 1.29 is 4.84 Å². The summed E-state index contributed by atoms with van der Waals surface area (Å²) in [5.74, 6) is 0. The van der Waals surface area contributed by atoms with Crippen LogP contribution in [0.25, 0.3) is 0 Å². The van der Waals surface area contributed by atoms with Gasteiger partial charge in [0.2, 0.25) is 0 Å². The highest BCUT2D eigenvalue weighted by Crippen LogP contribution is 2.08. The topological polar surface area (TPSA) is 12.5 Å². The van der Waals surface area contributed by atoms with E-state index in [0.29, 0.717) is 0 Å². The molecule has 0 heterocycles. The SMILES string of the molecule is CON(C)Cc1ccccc1C. The second-order valence-electron chi connectivity index (χ2n) is 2.90. The molecule has 0 amide bonds. The Hall–Kier alpha value is -0.860. The third-order valence-corrected chi connectivity index (χ3v) is 1.97. The number of nitrogens with zero attached hydrogens (tertiary/aromatic N) is 1. The van der Waals surface area contributed by atoms with Gasteiger partial charge in [-0.15, -0.1) is 0 Å². The Morgan fingerprint density at radius 3 is 2.58 bits per heavy atom. The van der Waals surface area contributed by atoms with Crippen LogP contribution in [-0.4, -0.2) is 19.2 Å². The van der Waals surface area contributed by atoms with Gasteiger partial charge < -0.3 is 4.84 Å². The molecule has 0 spiro atoms. The van der Waals surface area contributed by atoms with Gasteiger partial charge in [0, 0.05) is 13.6 Å². The highest BCUT2D eigenvalue weighted by Gasteiger charge is 1.99. The summed E-state index contributed by atoms with van der Waals surface area (Å²) in [4.78, 5) is 5.04. The predicted octanol–water partition coefficient (Wildman–Crippen LogP) is 1.99. The molecule has 0 aromatic heterocycles. The molecule has 1 rings (SSSR count). The summed E-state index contributed by atoms with van der Waals surface area (Å²) >= 11 is 0. The van der Waals surface area contributed by atoms with Crippen LogP contribution in [0.4, 0.5) is 0 Å². The Balaban J connectivity index is 2.69. The van der Waals surface area contributed by atoms with E-state index in [1.807, 2.05) is 24.2 Å². The van der Waals surface area contributed by atoms with E-state index in [2.05, 4.69) is 19.1 Å². The van der Waals surface area contributed by atoms with Crippen LogP contribution < -0.4 is 0 Å². The van der Waals surface area contributed by atoms with Gasteiger partial charge in [-0.2, -0.15) is 5.06 Å². The number of hydrogen-bond acceptors (Lipinski definition) is 2. The Labute approximate surface area is 73.7 Å². The molecular formula is C10H15NO. The third kappa shape index (κ3) is 2.32.